The van der Waals surface area contributed by atoms with Crippen LogP contribution >= 0.6 is 0 Å². The molecule has 1 aromatic rings. The molecule has 0 saturated carbocycles. The van der Waals surface area contributed by atoms with Crippen LogP contribution in [0.25, 0.3) is 0 Å². The average Bonchev–Trinajstić information content (AvgIpc) is 2.36. The predicted octanol–water partition coefficient (Wildman–Crippen LogP) is 2.57. The Balaban J connectivity index is 3.49. The quantitative estimate of drug-likeness (QED) is 0.626. The summed E-state index contributed by atoms with van der Waals surface area (Å²) in [6, 6.07) is 2.66. The molecule has 19 heavy (non-hydrogen) atoms. The molecule has 0 aliphatic rings. The number of hydrogen-bond acceptors (Lipinski definition) is 4. The van der Waals surface area contributed by atoms with Gasteiger partial charge < -0.3 is 4.74 Å². The maximum atomic E-state index is 12.6. The zero-order chi connectivity index (χ0) is 14.6. The number of aldehydes is 1. The third-order valence-electron chi connectivity index (χ3n) is 2.24. The molecule has 4 nitrogen and oxygen atoms in total. The fourth-order valence-electron chi connectivity index (χ4n) is 1.43. The van der Waals surface area contributed by atoms with Gasteiger partial charge in [0.05, 0.1) is 23.3 Å². The fraction of sp³-hybridized carbons (Fsp3) is 0.250. The zero-order valence-corrected chi connectivity index (χ0v) is 9.75. The van der Waals surface area contributed by atoms with Crippen molar-refractivity contribution in [2.75, 3.05) is 6.61 Å². The SMILES string of the molecule is CCOC(=O)c1cc(C=O)c(C(F)(F)F)cc1C#N. The van der Waals surface area contributed by atoms with Gasteiger partial charge in [-0.3, -0.25) is 4.79 Å². The van der Waals surface area contributed by atoms with E-state index in [2.05, 4.69) is 4.74 Å². The molecule has 0 spiro atoms. The highest BCUT2D eigenvalue weighted by Crippen LogP contribution is 2.33. The molecule has 0 saturated heterocycles. The van der Waals surface area contributed by atoms with Crippen molar-refractivity contribution in [2.45, 2.75) is 13.1 Å². The van der Waals surface area contributed by atoms with E-state index in [0.29, 0.717) is 12.1 Å². The maximum absolute atomic E-state index is 12.6. The summed E-state index contributed by atoms with van der Waals surface area (Å²) in [6.45, 7) is 1.51. The largest absolute Gasteiger partial charge is 0.462 e. The molecule has 0 unspecified atom stereocenters. The van der Waals surface area contributed by atoms with E-state index in [4.69, 9.17) is 5.26 Å². The Morgan fingerprint density at radius 2 is 2.11 bits per heavy atom. The lowest BCUT2D eigenvalue weighted by atomic mass is 9.99. The molecule has 0 aromatic heterocycles. The first-order valence-electron chi connectivity index (χ1n) is 5.12. The lowest BCUT2D eigenvalue weighted by molar-refractivity contribution is -0.137. The number of carbonyl (C=O) groups excluding carboxylic acids is 2. The van der Waals surface area contributed by atoms with Gasteiger partial charge in [-0.25, -0.2) is 4.79 Å². The molecular weight excluding hydrogens is 263 g/mol. The molecule has 1 rings (SSSR count). The molecule has 0 atom stereocenters. The summed E-state index contributed by atoms with van der Waals surface area (Å²) in [5, 5.41) is 8.78. The van der Waals surface area contributed by atoms with E-state index in [1.165, 1.54) is 13.0 Å². The molecule has 1 aromatic carbocycles. The monoisotopic (exact) mass is 271 g/mol. The second-order valence-corrected chi connectivity index (χ2v) is 3.43. The molecule has 0 aliphatic carbocycles. The number of alkyl halides is 3. The summed E-state index contributed by atoms with van der Waals surface area (Å²) in [6.07, 6.45) is -4.80. The van der Waals surface area contributed by atoms with Crippen LogP contribution in [-0.4, -0.2) is 18.9 Å². The van der Waals surface area contributed by atoms with E-state index < -0.39 is 28.8 Å². The first kappa shape index (κ1) is 14.7. The molecular formula is C12H8F3NO3. The van der Waals surface area contributed by atoms with Crippen LogP contribution in [-0.2, 0) is 10.9 Å². The van der Waals surface area contributed by atoms with Gasteiger partial charge in [0, 0.05) is 5.56 Å². The van der Waals surface area contributed by atoms with E-state index >= 15 is 0 Å². The van der Waals surface area contributed by atoms with Gasteiger partial charge in [0.2, 0.25) is 0 Å². The molecule has 100 valence electrons. The number of nitriles is 1. The van der Waals surface area contributed by atoms with Gasteiger partial charge in [0.15, 0.2) is 6.29 Å². The Kier molecular flexibility index (Phi) is 4.27. The van der Waals surface area contributed by atoms with Gasteiger partial charge in [-0.2, -0.15) is 18.4 Å². The van der Waals surface area contributed by atoms with E-state index in [9.17, 15) is 22.8 Å². The number of nitrogens with zero attached hydrogens (tertiary/aromatic N) is 1. The molecule has 0 aliphatic heterocycles. The Labute approximate surface area is 106 Å². The van der Waals surface area contributed by atoms with E-state index in [1.807, 2.05) is 0 Å². The second kappa shape index (κ2) is 5.52. The highest BCUT2D eigenvalue weighted by atomic mass is 19.4. The molecule has 0 bridgehead atoms. The van der Waals surface area contributed by atoms with Crippen LogP contribution in [0, 0.1) is 11.3 Å². The second-order valence-electron chi connectivity index (χ2n) is 3.43. The van der Waals surface area contributed by atoms with E-state index in [-0.39, 0.29) is 18.5 Å². The maximum Gasteiger partial charge on any atom is 0.417 e. The lowest BCUT2D eigenvalue weighted by Crippen LogP contribution is -2.14. The topological polar surface area (TPSA) is 67.2 Å². The first-order valence-corrected chi connectivity index (χ1v) is 5.12. The Morgan fingerprint density at radius 1 is 1.47 bits per heavy atom. The van der Waals surface area contributed by atoms with Crippen LogP contribution in [0.15, 0.2) is 12.1 Å². The minimum Gasteiger partial charge on any atom is -0.462 e. The summed E-state index contributed by atoms with van der Waals surface area (Å²) in [5.74, 6) is -0.948. The van der Waals surface area contributed by atoms with Crippen LogP contribution in [0.2, 0.25) is 0 Å². The molecule has 0 radical (unpaired) electrons. The molecule has 0 amide bonds. The summed E-state index contributed by atoms with van der Waals surface area (Å²) in [7, 11) is 0. The van der Waals surface area contributed by atoms with E-state index in [1.54, 1.807) is 0 Å². The smallest absolute Gasteiger partial charge is 0.417 e. The van der Waals surface area contributed by atoms with Crippen molar-refractivity contribution < 1.29 is 27.5 Å². The molecule has 7 heteroatoms. The number of carbonyl (C=O) groups is 2. The van der Waals surface area contributed by atoms with Crippen molar-refractivity contribution in [3.8, 4) is 6.07 Å². The molecule has 0 fully saturated rings. The Hall–Kier alpha value is -2.36. The number of esters is 1. The third kappa shape index (κ3) is 3.10. The number of hydrogen-bond donors (Lipinski definition) is 0. The van der Waals surface area contributed by atoms with Crippen LogP contribution in [0.5, 0.6) is 0 Å². The van der Waals surface area contributed by atoms with E-state index in [0.717, 1.165) is 0 Å². The summed E-state index contributed by atoms with van der Waals surface area (Å²) in [5.41, 5.74) is -2.82. The van der Waals surface area contributed by atoms with Gasteiger partial charge in [-0.15, -0.1) is 0 Å². The zero-order valence-electron chi connectivity index (χ0n) is 9.75. The normalized spacial score (nSPS) is 10.7. The summed E-state index contributed by atoms with van der Waals surface area (Å²) >= 11 is 0. The van der Waals surface area contributed by atoms with Gasteiger partial charge in [0.25, 0.3) is 0 Å². The van der Waals surface area contributed by atoms with Crippen molar-refractivity contribution in [2.24, 2.45) is 0 Å². The predicted molar refractivity (Wildman–Crippen MR) is 57.5 cm³/mol. The average molecular weight is 271 g/mol. The van der Waals surface area contributed by atoms with Gasteiger partial charge in [0.1, 0.15) is 6.07 Å². The summed E-state index contributed by atoms with van der Waals surface area (Å²) < 4.78 is 42.6. The van der Waals surface area contributed by atoms with Crippen LogP contribution < -0.4 is 0 Å². The third-order valence-corrected chi connectivity index (χ3v) is 2.24. The molecule has 0 heterocycles. The highest BCUT2D eigenvalue weighted by molar-refractivity contribution is 5.95. The van der Waals surface area contributed by atoms with Gasteiger partial charge >= 0.3 is 12.1 Å². The minimum atomic E-state index is -4.78. The lowest BCUT2D eigenvalue weighted by Gasteiger charge is -2.12. The van der Waals surface area contributed by atoms with Crippen molar-refractivity contribution in [3.63, 3.8) is 0 Å². The van der Waals surface area contributed by atoms with Crippen LogP contribution in [0.1, 0.15) is 38.8 Å². The number of benzene rings is 1. The fourth-order valence-corrected chi connectivity index (χ4v) is 1.43. The van der Waals surface area contributed by atoms with Crippen molar-refractivity contribution >= 4 is 12.3 Å². The Bertz CT molecular complexity index is 559. The minimum absolute atomic E-state index is 0.00114. The van der Waals surface area contributed by atoms with Gasteiger partial charge in [-0.1, -0.05) is 0 Å². The first-order chi connectivity index (χ1) is 8.85. The van der Waals surface area contributed by atoms with Crippen LogP contribution in [0.4, 0.5) is 13.2 Å². The molecule has 0 N–H and O–H groups in total. The number of ether oxygens (including phenoxy) is 1. The van der Waals surface area contributed by atoms with Crippen molar-refractivity contribution in [1.29, 1.82) is 5.26 Å². The van der Waals surface area contributed by atoms with Crippen molar-refractivity contribution in [3.05, 3.63) is 34.4 Å². The standard InChI is InChI=1S/C12H8F3NO3/c1-2-19-11(18)9-3-8(6-17)10(12(13,14)15)4-7(9)5-16/h3-4,6H,2H2,1H3. The van der Waals surface area contributed by atoms with Crippen LogP contribution in [0.3, 0.4) is 0 Å². The Morgan fingerprint density at radius 3 is 2.53 bits per heavy atom. The number of rotatable bonds is 3. The highest BCUT2D eigenvalue weighted by Gasteiger charge is 2.35. The summed E-state index contributed by atoms with van der Waals surface area (Å²) in [4.78, 5) is 22.2. The van der Waals surface area contributed by atoms with Crippen molar-refractivity contribution in [1.82, 2.24) is 0 Å². The van der Waals surface area contributed by atoms with Gasteiger partial charge in [-0.05, 0) is 19.1 Å². The number of halogens is 3.